The number of anilines is 2. The van der Waals surface area contributed by atoms with E-state index in [1.807, 2.05) is 23.1 Å². The van der Waals surface area contributed by atoms with Crippen molar-refractivity contribution in [2.24, 2.45) is 0 Å². The van der Waals surface area contributed by atoms with Crippen LogP contribution in [-0.4, -0.2) is 62.6 Å². The molecule has 1 heterocycles. The lowest BCUT2D eigenvalue weighted by molar-refractivity contribution is -0.118. The van der Waals surface area contributed by atoms with Crippen molar-refractivity contribution in [1.29, 1.82) is 0 Å². The number of hydrogen-bond donors (Lipinski definition) is 1. The van der Waals surface area contributed by atoms with Crippen LogP contribution in [-0.2, 0) is 9.53 Å². The van der Waals surface area contributed by atoms with E-state index in [1.54, 1.807) is 35.2 Å². The highest BCUT2D eigenvalue weighted by Gasteiger charge is 2.24. The molecule has 3 aromatic rings. The first-order chi connectivity index (χ1) is 17.5. The monoisotopic (exact) mass is 491 g/mol. The molecule has 4 rings (SSSR count). The smallest absolute Gasteiger partial charge is 0.337 e. The van der Waals surface area contributed by atoms with Gasteiger partial charge in [-0.15, -0.1) is 0 Å². The van der Waals surface area contributed by atoms with E-state index in [-0.39, 0.29) is 17.2 Å². The average Bonchev–Trinajstić information content (AvgIpc) is 2.92. The molecule has 3 aromatic carbocycles. The molecule has 0 spiro atoms. The fourth-order valence-corrected chi connectivity index (χ4v) is 3.96. The van der Waals surface area contributed by atoms with Crippen molar-refractivity contribution in [2.45, 2.75) is 0 Å². The standard InChI is InChI=1S/C27H26FN3O5/c1-35-27(34)20-11-12-23(22(17-20)29-25(32)18-36-24-10-6-5-9-21(24)28)30-13-15-31(16-14-30)26(33)19-7-3-2-4-8-19/h2-12,17H,13-16,18H2,1H3,(H,29,32). The van der Waals surface area contributed by atoms with Gasteiger partial charge in [0.1, 0.15) is 0 Å². The van der Waals surface area contributed by atoms with Gasteiger partial charge in [-0.2, -0.15) is 0 Å². The summed E-state index contributed by atoms with van der Waals surface area (Å²) in [6.45, 7) is 1.64. The number of benzene rings is 3. The minimum atomic E-state index is -0.568. The van der Waals surface area contributed by atoms with Crippen molar-refractivity contribution >= 4 is 29.2 Å². The van der Waals surface area contributed by atoms with Gasteiger partial charge in [0.15, 0.2) is 18.2 Å². The Kier molecular flexibility index (Phi) is 7.79. The van der Waals surface area contributed by atoms with E-state index >= 15 is 0 Å². The van der Waals surface area contributed by atoms with Crippen molar-refractivity contribution < 1.29 is 28.2 Å². The van der Waals surface area contributed by atoms with Gasteiger partial charge in [-0.1, -0.05) is 30.3 Å². The summed E-state index contributed by atoms with van der Waals surface area (Å²) in [5, 5.41) is 2.76. The summed E-state index contributed by atoms with van der Waals surface area (Å²) in [6, 6.07) is 19.8. The third-order valence-electron chi connectivity index (χ3n) is 5.82. The van der Waals surface area contributed by atoms with Gasteiger partial charge < -0.3 is 24.6 Å². The zero-order valence-electron chi connectivity index (χ0n) is 19.8. The molecular weight excluding hydrogens is 465 g/mol. The van der Waals surface area contributed by atoms with E-state index in [9.17, 15) is 18.8 Å². The predicted octanol–water partition coefficient (Wildman–Crippen LogP) is 3.59. The van der Waals surface area contributed by atoms with Gasteiger partial charge in [-0.3, -0.25) is 9.59 Å². The van der Waals surface area contributed by atoms with Crippen LogP contribution in [0.5, 0.6) is 5.75 Å². The topological polar surface area (TPSA) is 88.2 Å². The number of para-hydroxylation sites is 1. The largest absolute Gasteiger partial charge is 0.481 e. The van der Waals surface area contributed by atoms with Crippen LogP contribution in [0.1, 0.15) is 20.7 Å². The van der Waals surface area contributed by atoms with E-state index in [0.717, 1.165) is 0 Å². The molecular formula is C27H26FN3O5. The molecule has 9 heteroatoms. The summed E-state index contributed by atoms with van der Waals surface area (Å²) in [6.07, 6.45) is 0. The molecule has 1 fully saturated rings. The molecule has 0 saturated carbocycles. The Morgan fingerprint density at radius 3 is 2.28 bits per heavy atom. The number of piperazine rings is 1. The SMILES string of the molecule is COC(=O)c1ccc(N2CCN(C(=O)c3ccccc3)CC2)c(NC(=O)COc2ccccc2F)c1. The Morgan fingerprint density at radius 2 is 1.58 bits per heavy atom. The first kappa shape index (κ1) is 24.7. The van der Waals surface area contributed by atoms with Crippen LogP contribution in [0.2, 0.25) is 0 Å². The van der Waals surface area contributed by atoms with Gasteiger partial charge in [0.2, 0.25) is 0 Å². The molecule has 0 aromatic heterocycles. The van der Waals surface area contributed by atoms with Crippen LogP contribution >= 0.6 is 0 Å². The highest BCUT2D eigenvalue weighted by molar-refractivity contribution is 5.99. The molecule has 2 amide bonds. The van der Waals surface area contributed by atoms with Crippen molar-refractivity contribution in [3.8, 4) is 5.75 Å². The Hall–Kier alpha value is -4.40. The molecule has 1 N–H and O–H groups in total. The minimum Gasteiger partial charge on any atom is -0.481 e. The number of halogens is 1. The van der Waals surface area contributed by atoms with Crippen molar-refractivity contribution in [3.63, 3.8) is 0 Å². The number of rotatable bonds is 7. The lowest BCUT2D eigenvalue weighted by Gasteiger charge is -2.37. The summed E-state index contributed by atoms with van der Waals surface area (Å²) in [5.41, 5.74) is 1.98. The Bertz CT molecular complexity index is 1240. The molecule has 36 heavy (non-hydrogen) atoms. The zero-order chi connectivity index (χ0) is 25.5. The quantitative estimate of drug-likeness (QED) is 0.509. The van der Waals surface area contributed by atoms with Crippen LogP contribution in [0.25, 0.3) is 0 Å². The molecule has 0 atom stereocenters. The maximum atomic E-state index is 13.8. The van der Waals surface area contributed by atoms with Crippen molar-refractivity contribution in [1.82, 2.24) is 4.90 Å². The Morgan fingerprint density at radius 1 is 0.889 bits per heavy atom. The first-order valence-corrected chi connectivity index (χ1v) is 11.4. The number of esters is 1. The number of ether oxygens (including phenoxy) is 2. The average molecular weight is 492 g/mol. The van der Waals surface area contributed by atoms with Crippen LogP contribution in [0.3, 0.4) is 0 Å². The van der Waals surface area contributed by atoms with Crippen LogP contribution < -0.4 is 15.0 Å². The molecule has 0 bridgehead atoms. The van der Waals surface area contributed by atoms with Gasteiger partial charge in [-0.25, -0.2) is 9.18 Å². The second-order valence-corrected chi connectivity index (χ2v) is 8.14. The number of amides is 2. The van der Waals surface area contributed by atoms with E-state index in [0.29, 0.717) is 43.1 Å². The fourth-order valence-electron chi connectivity index (χ4n) is 3.96. The number of nitrogens with zero attached hydrogens (tertiary/aromatic N) is 2. The first-order valence-electron chi connectivity index (χ1n) is 11.4. The number of nitrogens with one attached hydrogen (secondary N) is 1. The highest BCUT2D eigenvalue weighted by atomic mass is 19.1. The van der Waals surface area contributed by atoms with E-state index in [1.165, 1.54) is 31.4 Å². The van der Waals surface area contributed by atoms with Crippen LogP contribution in [0.4, 0.5) is 15.8 Å². The second-order valence-electron chi connectivity index (χ2n) is 8.14. The molecule has 0 aliphatic carbocycles. The fraction of sp³-hybridized carbons (Fsp3) is 0.222. The zero-order valence-corrected chi connectivity index (χ0v) is 19.8. The second kappa shape index (κ2) is 11.4. The van der Waals surface area contributed by atoms with Gasteiger partial charge in [0, 0.05) is 31.7 Å². The lowest BCUT2D eigenvalue weighted by atomic mass is 10.1. The minimum absolute atomic E-state index is 0.0320. The van der Waals surface area contributed by atoms with Crippen molar-refractivity contribution in [2.75, 3.05) is 50.1 Å². The molecule has 8 nitrogen and oxygen atoms in total. The summed E-state index contributed by atoms with van der Waals surface area (Å²) >= 11 is 0. The van der Waals surface area contributed by atoms with Crippen LogP contribution in [0, 0.1) is 5.82 Å². The van der Waals surface area contributed by atoms with Gasteiger partial charge in [0.05, 0.1) is 24.0 Å². The third kappa shape index (κ3) is 5.80. The number of carbonyl (C=O) groups excluding carboxylic acids is 3. The maximum absolute atomic E-state index is 13.8. The highest BCUT2D eigenvalue weighted by Crippen LogP contribution is 2.29. The molecule has 0 unspecified atom stereocenters. The summed E-state index contributed by atoms with van der Waals surface area (Å²) in [5.74, 6) is -1.69. The van der Waals surface area contributed by atoms with E-state index < -0.39 is 24.3 Å². The van der Waals surface area contributed by atoms with Gasteiger partial charge in [0.25, 0.3) is 11.8 Å². The maximum Gasteiger partial charge on any atom is 0.337 e. The van der Waals surface area contributed by atoms with E-state index in [4.69, 9.17) is 9.47 Å². The molecule has 1 saturated heterocycles. The molecule has 0 radical (unpaired) electrons. The number of methoxy groups -OCH3 is 1. The molecule has 1 aliphatic heterocycles. The summed E-state index contributed by atoms with van der Waals surface area (Å²) < 4.78 is 23.9. The van der Waals surface area contributed by atoms with Gasteiger partial charge >= 0.3 is 5.97 Å². The number of carbonyl (C=O) groups is 3. The normalized spacial score (nSPS) is 13.2. The van der Waals surface area contributed by atoms with E-state index in [2.05, 4.69) is 5.32 Å². The number of hydrogen-bond acceptors (Lipinski definition) is 6. The van der Waals surface area contributed by atoms with Gasteiger partial charge in [-0.05, 0) is 42.5 Å². The molecule has 1 aliphatic rings. The lowest BCUT2D eigenvalue weighted by Crippen LogP contribution is -2.49. The third-order valence-corrected chi connectivity index (χ3v) is 5.82. The summed E-state index contributed by atoms with van der Waals surface area (Å²) in [7, 11) is 1.28. The summed E-state index contributed by atoms with van der Waals surface area (Å²) in [4.78, 5) is 41.3. The predicted molar refractivity (Wildman–Crippen MR) is 133 cm³/mol. The molecule has 186 valence electrons. The van der Waals surface area contributed by atoms with Crippen molar-refractivity contribution in [3.05, 3.63) is 89.7 Å². The van der Waals surface area contributed by atoms with Crippen LogP contribution in [0.15, 0.2) is 72.8 Å². The Labute approximate surface area is 208 Å². The Balaban J connectivity index is 1.47.